The van der Waals surface area contributed by atoms with E-state index in [0.29, 0.717) is 11.3 Å². The Bertz CT molecular complexity index is 465. The lowest BCUT2D eigenvalue weighted by Gasteiger charge is -2.14. The van der Waals surface area contributed by atoms with E-state index in [1.54, 1.807) is 26.2 Å². The molecule has 0 aromatic heterocycles. The van der Waals surface area contributed by atoms with Gasteiger partial charge in [-0.3, -0.25) is 0 Å². The van der Waals surface area contributed by atoms with Crippen LogP contribution >= 0.6 is 0 Å². The number of ether oxygens (including phenoxy) is 4. The molecule has 1 aromatic rings. The van der Waals surface area contributed by atoms with E-state index in [1.165, 1.54) is 14.2 Å². The van der Waals surface area contributed by atoms with Gasteiger partial charge in [0.15, 0.2) is 5.76 Å². The van der Waals surface area contributed by atoms with E-state index in [-0.39, 0.29) is 18.1 Å². The first kappa shape index (κ1) is 14.9. The smallest absolute Gasteiger partial charge is 0.377 e. The Balaban J connectivity index is 3.33. The Labute approximate surface area is 112 Å². The molecule has 0 aliphatic carbocycles. The van der Waals surface area contributed by atoms with Crippen molar-refractivity contribution in [1.29, 1.82) is 0 Å². The Morgan fingerprint density at radius 1 is 1.11 bits per heavy atom. The molecular weight excluding hydrogens is 248 g/mol. The maximum atomic E-state index is 11.8. The zero-order chi connectivity index (χ0) is 14.3. The van der Waals surface area contributed by atoms with Crippen molar-refractivity contribution in [3.05, 3.63) is 35.6 Å². The molecule has 104 valence electrons. The lowest BCUT2D eigenvalue weighted by Crippen LogP contribution is -2.12. The summed E-state index contributed by atoms with van der Waals surface area (Å²) in [7, 11) is 4.39. The van der Waals surface area contributed by atoms with Gasteiger partial charge in [0.2, 0.25) is 5.76 Å². The van der Waals surface area contributed by atoms with Gasteiger partial charge in [-0.15, -0.1) is 0 Å². The average Bonchev–Trinajstić information content (AvgIpc) is 2.44. The van der Waals surface area contributed by atoms with Crippen LogP contribution < -0.4 is 4.74 Å². The monoisotopic (exact) mass is 266 g/mol. The average molecular weight is 266 g/mol. The molecule has 0 radical (unpaired) electrons. The minimum atomic E-state index is -0.576. The molecule has 1 aromatic carbocycles. The van der Waals surface area contributed by atoms with Crippen LogP contribution in [0, 0.1) is 0 Å². The Morgan fingerprint density at radius 3 is 2.32 bits per heavy atom. The van der Waals surface area contributed by atoms with Crippen molar-refractivity contribution in [2.45, 2.75) is 6.92 Å². The zero-order valence-electron chi connectivity index (χ0n) is 11.6. The summed E-state index contributed by atoms with van der Waals surface area (Å²) < 4.78 is 20.5. The molecule has 0 saturated carbocycles. The lowest BCUT2D eigenvalue weighted by atomic mass is 10.1. The summed E-state index contributed by atoms with van der Waals surface area (Å²) >= 11 is 0. The minimum absolute atomic E-state index is 0.00819. The van der Waals surface area contributed by atoms with Crippen LogP contribution in [0.2, 0.25) is 0 Å². The number of para-hydroxylation sites is 1. The second-order valence-corrected chi connectivity index (χ2v) is 3.49. The molecule has 0 aliphatic heterocycles. The molecule has 1 rings (SSSR count). The summed E-state index contributed by atoms with van der Waals surface area (Å²) in [5.74, 6) is 0.290. The molecule has 0 bridgehead atoms. The number of carbonyl (C=O) groups is 1. The molecule has 0 spiro atoms. The van der Waals surface area contributed by atoms with Gasteiger partial charge in [0.05, 0.1) is 33.5 Å². The van der Waals surface area contributed by atoms with Crippen LogP contribution in [0.1, 0.15) is 12.5 Å². The number of hydrogen-bond donors (Lipinski definition) is 0. The van der Waals surface area contributed by atoms with E-state index in [4.69, 9.17) is 18.9 Å². The highest BCUT2D eigenvalue weighted by Crippen LogP contribution is 2.29. The highest BCUT2D eigenvalue weighted by Gasteiger charge is 2.22. The van der Waals surface area contributed by atoms with Gasteiger partial charge in [-0.2, -0.15) is 0 Å². The van der Waals surface area contributed by atoms with Crippen molar-refractivity contribution in [2.75, 3.05) is 27.9 Å². The van der Waals surface area contributed by atoms with Crippen LogP contribution in [0.15, 0.2) is 30.0 Å². The molecule has 0 N–H and O–H groups in total. The van der Waals surface area contributed by atoms with Crippen molar-refractivity contribution in [3.8, 4) is 5.75 Å². The summed E-state index contributed by atoms with van der Waals surface area (Å²) in [6.45, 7) is 1.98. The Kier molecular flexibility index (Phi) is 5.73. The van der Waals surface area contributed by atoms with Crippen LogP contribution in [0.3, 0.4) is 0 Å². The van der Waals surface area contributed by atoms with Crippen molar-refractivity contribution in [2.24, 2.45) is 0 Å². The molecule has 5 heteroatoms. The third kappa shape index (κ3) is 3.40. The molecule has 0 aliphatic rings. The summed E-state index contributed by atoms with van der Waals surface area (Å²) in [6.07, 6.45) is 0. The molecular formula is C14H18O5. The predicted octanol–water partition coefficient (Wildman–Crippen LogP) is 2.22. The first-order valence-corrected chi connectivity index (χ1v) is 5.82. The van der Waals surface area contributed by atoms with Gasteiger partial charge < -0.3 is 18.9 Å². The summed E-state index contributed by atoms with van der Waals surface area (Å²) in [5.41, 5.74) is 0.623. The van der Waals surface area contributed by atoms with Crippen LogP contribution in [0.5, 0.6) is 5.75 Å². The topological polar surface area (TPSA) is 54.0 Å². The van der Waals surface area contributed by atoms with E-state index in [0.717, 1.165) is 0 Å². The third-order valence-electron chi connectivity index (χ3n) is 2.43. The van der Waals surface area contributed by atoms with Crippen LogP contribution in [0.4, 0.5) is 0 Å². The van der Waals surface area contributed by atoms with Crippen LogP contribution in [-0.2, 0) is 19.0 Å². The van der Waals surface area contributed by atoms with Crippen LogP contribution in [0.25, 0.3) is 5.76 Å². The molecule has 19 heavy (non-hydrogen) atoms. The molecule has 0 atom stereocenters. The third-order valence-corrected chi connectivity index (χ3v) is 2.43. The van der Waals surface area contributed by atoms with Gasteiger partial charge >= 0.3 is 5.97 Å². The van der Waals surface area contributed by atoms with Crippen molar-refractivity contribution < 1.29 is 23.7 Å². The second-order valence-electron chi connectivity index (χ2n) is 3.49. The van der Waals surface area contributed by atoms with Crippen molar-refractivity contribution in [1.82, 2.24) is 0 Å². The van der Waals surface area contributed by atoms with E-state index in [9.17, 15) is 4.79 Å². The normalized spacial score (nSPS) is 11.4. The Hall–Kier alpha value is -2.17. The number of rotatable bonds is 6. The molecule has 0 heterocycles. The molecule has 0 fully saturated rings. The summed E-state index contributed by atoms with van der Waals surface area (Å²) in [4.78, 5) is 11.8. The SMILES string of the molecule is CCOC(=O)C(OC)=C(OC)c1ccccc1OC. The lowest BCUT2D eigenvalue weighted by molar-refractivity contribution is -0.142. The number of benzene rings is 1. The molecule has 0 unspecified atom stereocenters. The molecule has 0 saturated heterocycles. The number of methoxy groups -OCH3 is 3. The van der Waals surface area contributed by atoms with E-state index in [1.807, 2.05) is 12.1 Å². The maximum absolute atomic E-state index is 11.8. The zero-order valence-corrected chi connectivity index (χ0v) is 11.6. The fourth-order valence-electron chi connectivity index (χ4n) is 1.62. The standard InChI is InChI=1S/C14H18O5/c1-5-19-14(15)13(18-4)12(17-3)10-8-6-7-9-11(10)16-2/h6-9H,5H2,1-4H3. The molecule has 5 nitrogen and oxygen atoms in total. The van der Waals surface area contributed by atoms with Crippen molar-refractivity contribution >= 4 is 11.7 Å². The Morgan fingerprint density at radius 2 is 1.79 bits per heavy atom. The number of esters is 1. The first-order chi connectivity index (χ1) is 9.19. The quantitative estimate of drug-likeness (QED) is 0.449. The maximum Gasteiger partial charge on any atom is 0.377 e. The number of hydrogen-bond acceptors (Lipinski definition) is 5. The number of carbonyl (C=O) groups excluding carboxylic acids is 1. The minimum Gasteiger partial charge on any atom is -0.496 e. The fraction of sp³-hybridized carbons (Fsp3) is 0.357. The molecule has 0 amide bonds. The van der Waals surface area contributed by atoms with Gasteiger partial charge in [-0.05, 0) is 19.1 Å². The highest BCUT2D eigenvalue weighted by atomic mass is 16.6. The summed E-state index contributed by atoms with van der Waals surface area (Å²) in [6, 6.07) is 7.18. The van der Waals surface area contributed by atoms with Gasteiger partial charge in [0.1, 0.15) is 5.75 Å². The van der Waals surface area contributed by atoms with Gasteiger partial charge in [0, 0.05) is 0 Å². The van der Waals surface area contributed by atoms with E-state index < -0.39 is 5.97 Å². The first-order valence-electron chi connectivity index (χ1n) is 5.82. The highest BCUT2D eigenvalue weighted by molar-refractivity contribution is 5.94. The van der Waals surface area contributed by atoms with Crippen LogP contribution in [-0.4, -0.2) is 33.9 Å². The van der Waals surface area contributed by atoms with Gasteiger partial charge in [-0.25, -0.2) is 4.79 Å². The van der Waals surface area contributed by atoms with Gasteiger partial charge in [0.25, 0.3) is 0 Å². The predicted molar refractivity (Wildman–Crippen MR) is 70.6 cm³/mol. The van der Waals surface area contributed by atoms with E-state index >= 15 is 0 Å². The van der Waals surface area contributed by atoms with Gasteiger partial charge in [-0.1, -0.05) is 12.1 Å². The largest absolute Gasteiger partial charge is 0.496 e. The summed E-state index contributed by atoms with van der Waals surface area (Å²) in [5, 5.41) is 0. The van der Waals surface area contributed by atoms with E-state index in [2.05, 4.69) is 0 Å². The van der Waals surface area contributed by atoms with Crippen molar-refractivity contribution in [3.63, 3.8) is 0 Å². The fourth-order valence-corrected chi connectivity index (χ4v) is 1.62. The second kappa shape index (κ2) is 7.31.